The zero-order valence-corrected chi connectivity index (χ0v) is 5.61. The van der Waals surface area contributed by atoms with Gasteiger partial charge in [0, 0.05) is 0 Å². The molecule has 0 amide bonds. The summed E-state index contributed by atoms with van der Waals surface area (Å²) in [5, 5.41) is 0. The largest absolute Gasteiger partial charge is 0.371 e. The molecule has 0 spiro atoms. The molecule has 1 atom stereocenters. The van der Waals surface area contributed by atoms with Crippen molar-refractivity contribution in [3.05, 3.63) is 12.4 Å². The van der Waals surface area contributed by atoms with E-state index >= 15 is 0 Å². The summed E-state index contributed by atoms with van der Waals surface area (Å²) >= 11 is 0. The van der Waals surface area contributed by atoms with Gasteiger partial charge in [-0.1, -0.05) is 11.1 Å². The zero-order chi connectivity index (χ0) is 5.86. The Morgan fingerprint density at radius 2 is 2.14 bits per heavy atom. The molecule has 7 heavy (non-hydrogen) atoms. The summed E-state index contributed by atoms with van der Waals surface area (Å²) in [6.45, 7) is 7.23. The molecule has 0 saturated carbocycles. The Hall–Kier alpha value is -0.160. The van der Waals surface area contributed by atoms with E-state index in [0.717, 1.165) is 0 Å². The van der Waals surface area contributed by atoms with Crippen LogP contribution in [0.25, 0.3) is 0 Å². The van der Waals surface area contributed by atoms with Crippen molar-refractivity contribution >= 4 is 7.80 Å². The van der Waals surface area contributed by atoms with E-state index in [1.54, 1.807) is 0 Å². The van der Waals surface area contributed by atoms with Gasteiger partial charge in [-0.3, -0.25) is 0 Å². The van der Waals surface area contributed by atoms with E-state index in [0.29, 0.717) is 0 Å². The van der Waals surface area contributed by atoms with Gasteiger partial charge in [0.2, 0.25) is 0 Å². The van der Waals surface area contributed by atoms with Crippen molar-refractivity contribution in [1.29, 1.82) is 0 Å². The molecule has 0 N–H and O–H groups in total. The lowest BCUT2D eigenvalue weighted by molar-refractivity contribution is 0.588. The fourth-order valence-corrected chi connectivity index (χ4v) is 0.632. The first-order valence-electron chi connectivity index (χ1n) is 2.26. The Morgan fingerprint density at radius 1 is 1.71 bits per heavy atom. The molecule has 0 aromatic rings. The van der Waals surface area contributed by atoms with Gasteiger partial charge in [-0.05, 0) is 13.8 Å². The third-order valence-corrected chi connectivity index (χ3v) is 2.07. The van der Waals surface area contributed by atoms with E-state index in [-0.39, 0.29) is 5.66 Å². The molecule has 0 aliphatic rings. The molecule has 1 unspecified atom stereocenters. The molecule has 2 heteroatoms. The highest BCUT2D eigenvalue weighted by atomic mass is 31.1. The maximum absolute atomic E-state index is 10.5. The maximum atomic E-state index is 10.5. The fourth-order valence-electron chi connectivity index (χ4n) is 0.211. The van der Waals surface area contributed by atoms with Gasteiger partial charge in [0.25, 0.3) is 0 Å². The molecule has 0 rings (SSSR count). The van der Waals surface area contributed by atoms with E-state index in [4.69, 9.17) is 0 Å². The summed E-state index contributed by atoms with van der Waals surface area (Å²) < 4.78 is 10.5. The lowest BCUT2D eigenvalue weighted by Gasteiger charge is -1.78. The van der Waals surface area contributed by atoms with Gasteiger partial charge in [-0.2, -0.15) is 0 Å². The minimum absolute atomic E-state index is 0.257. The molecule has 0 aliphatic heterocycles. The van der Waals surface area contributed by atoms with E-state index in [1.165, 1.54) is 5.82 Å². The van der Waals surface area contributed by atoms with Crippen LogP contribution in [0.1, 0.15) is 13.8 Å². The predicted octanol–water partition coefficient (Wildman–Crippen LogP) is 2.37. The van der Waals surface area contributed by atoms with Crippen molar-refractivity contribution in [3.8, 4) is 0 Å². The van der Waals surface area contributed by atoms with Gasteiger partial charge in [0.15, 0.2) is 5.66 Å². The van der Waals surface area contributed by atoms with Crippen LogP contribution in [-0.2, 0) is 4.57 Å². The molecule has 0 aromatic heterocycles. The Morgan fingerprint density at radius 3 is 2.14 bits per heavy atom. The maximum Gasteiger partial charge on any atom is 0.371 e. The first-order chi connectivity index (χ1) is 3.18. The van der Waals surface area contributed by atoms with Crippen LogP contribution in [0.15, 0.2) is 12.4 Å². The van der Waals surface area contributed by atoms with Crippen molar-refractivity contribution < 1.29 is 4.57 Å². The summed E-state index contributed by atoms with van der Waals surface area (Å²) in [5.74, 6) is 1.50. The SMILES string of the molecule is C=C[P+](=O)C(C)C. The van der Waals surface area contributed by atoms with Gasteiger partial charge in [0.05, 0.1) is 0 Å². The monoisotopic (exact) mass is 117 g/mol. The Balaban J connectivity index is 3.56. The average Bonchev–Trinajstić information content (AvgIpc) is 1.65. The summed E-state index contributed by atoms with van der Waals surface area (Å²) in [7, 11) is -1.12. The van der Waals surface area contributed by atoms with Crippen molar-refractivity contribution in [2.45, 2.75) is 19.5 Å². The smallest absolute Gasteiger partial charge is 0.0685 e. The molecular weight excluding hydrogens is 107 g/mol. The van der Waals surface area contributed by atoms with Gasteiger partial charge >= 0.3 is 7.80 Å². The third kappa shape index (κ3) is 2.52. The number of hydrogen-bond acceptors (Lipinski definition) is 1. The lowest BCUT2D eigenvalue weighted by atomic mass is 10.6. The van der Waals surface area contributed by atoms with Crippen molar-refractivity contribution in [2.24, 2.45) is 0 Å². The highest BCUT2D eigenvalue weighted by molar-refractivity contribution is 7.48. The van der Waals surface area contributed by atoms with Crippen LogP contribution in [0.2, 0.25) is 0 Å². The summed E-state index contributed by atoms with van der Waals surface area (Å²) in [5.41, 5.74) is 0.257. The molecule has 0 saturated heterocycles. The molecular formula is C5H10OP+. The van der Waals surface area contributed by atoms with Crippen molar-refractivity contribution in [2.75, 3.05) is 0 Å². The second-order valence-electron chi connectivity index (χ2n) is 1.64. The van der Waals surface area contributed by atoms with Gasteiger partial charge in [-0.15, -0.1) is 0 Å². The van der Waals surface area contributed by atoms with Crippen LogP contribution < -0.4 is 0 Å². The predicted molar refractivity (Wildman–Crippen MR) is 32.9 cm³/mol. The van der Waals surface area contributed by atoms with Gasteiger partial charge in [0.1, 0.15) is 5.82 Å². The topological polar surface area (TPSA) is 17.1 Å². The van der Waals surface area contributed by atoms with E-state index in [2.05, 4.69) is 6.58 Å². The van der Waals surface area contributed by atoms with Crippen LogP contribution in [0.5, 0.6) is 0 Å². The van der Waals surface area contributed by atoms with Crippen LogP contribution >= 0.6 is 7.80 Å². The third-order valence-electron chi connectivity index (χ3n) is 0.689. The quantitative estimate of drug-likeness (QED) is 0.507. The molecule has 1 nitrogen and oxygen atoms in total. The first-order valence-corrected chi connectivity index (χ1v) is 3.66. The molecule has 40 valence electrons. The van der Waals surface area contributed by atoms with Gasteiger partial charge < -0.3 is 0 Å². The number of rotatable bonds is 2. The molecule has 0 bridgehead atoms. The Kier molecular flexibility index (Phi) is 2.86. The highest BCUT2D eigenvalue weighted by Gasteiger charge is 2.13. The van der Waals surface area contributed by atoms with Crippen LogP contribution in [0, 0.1) is 0 Å². The lowest BCUT2D eigenvalue weighted by Crippen LogP contribution is -1.80. The molecule has 0 aliphatic carbocycles. The van der Waals surface area contributed by atoms with Crippen molar-refractivity contribution in [1.82, 2.24) is 0 Å². The standard InChI is InChI=1S/C5H10OP/c1-4-7(6)5(2)3/h4-5H,1H2,2-3H3/q+1. The molecule has 0 radical (unpaired) electrons. The second kappa shape index (κ2) is 2.92. The second-order valence-corrected chi connectivity index (χ2v) is 3.75. The molecule has 0 fully saturated rings. The summed E-state index contributed by atoms with van der Waals surface area (Å²) in [6, 6.07) is 0. The van der Waals surface area contributed by atoms with Crippen molar-refractivity contribution in [3.63, 3.8) is 0 Å². The van der Waals surface area contributed by atoms with Gasteiger partial charge in [-0.25, -0.2) is 0 Å². The number of hydrogen-bond donors (Lipinski definition) is 0. The Bertz CT molecular complexity index is 86.1. The van der Waals surface area contributed by atoms with E-state index in [1.807, 2.05) is 13.8 Å². The zero-order valence-electron chi connectivity index (χ0n) is 4.72. The van der Waals surface area contributed by atoms with Crippen LogP contribution in [0.4, 0.5) is 0 Å². The summed E-state index contributed by atoms with van der Waals surface area (Å²) in [4.78, 5) is 0. The van der Waals surface area contributed by atoms with Crippen LogP contribution in [0.3, 0.4) is 0 Å². The summed E-state index contributed by atoms with van der Waals surface area (Å²) in [6.07, 6.45) is 0. The van der Waals surface area contributed by atoms with E-state index < -0.39 is 7.80 Å². The van der Waals surface area contributed by atoms with Crippen LogP contribution in [-0.4, -0.2) is 5.66 Å². The highest BCUT2D eigenvalue weighted by Crippen LogP contribution is 2.26. The Labute approximate surface area is 45.2 Å². The normalized spacial score (nSPS) is 11.6. The fraction of sp³-hybridized carbons (Fsp3) is 0.600. The first kappa shape index (κ1) is 6.84. The minimum atomic E-state index is -1.12. The molecule has 0 aromatic carbocycles. The minimum Gasteiger partial charge on any atom is -0.0685 e. The average molecular weight is 117 g/mol. The molecule has 0 heterocycles. The van der Waals surface area contributed by atoms with E-state index in [9.17, 15) is 4.57 Å².